The van der Waals surface area contributed by atoms with Gasteiger partial charge in [-0.3, -0.25) is 14.4 Å². The number of amides is 3. The Balaban J connectivity index is 2.04. The Labute approximate surface area is 226 Å². The van der Waals surface area contributed by atoms with Gasteiger partial charge in [0.1, 0.15) is 23.9 Å². The van der Waals surface area contributed by atoms with Crippen LogP contribution in [0.4, 0.5) is 0 Å². The molecule has 39 heavy (non-hydrogen) atoms. The summed E-state index contributed by atoms with van der Waals surface area (Å²) < 4.78 is 0. The Morgan fingerprint density at radius 3 is 1.90 bits per heavy atom. The number of phenols is 1. The quantitative estimate of drug-likeness (QED) is 0.124. The molecule has 0 heterocycles. The Morgan fingerprint density at radius 1 is 0.744 bits per heavy atom. The largest absolute Gasteiger partial charge is 0.508 e. The standard InChI is InChI=1S/C27H37N5O7/c28-13-5-4-8-21(30-24(35)20(29)14-18-9-11-19(34)12-10-18)25(36)32-23(16-33)26(37)31-22(27(38)39)15-17-6-2-1-3-7-17/h1-3,6-7,9-12,20-23,33-34H,4-5,8,13-16,28-29H2,(H,30,35)(H,31,37)(H,32,36)(H,38,39). The van der Waals surface area contributed by atoms with E-state index in [4.69, 9.17) is 11.5 Å². The fourth-order valence-electron chi connectivity index (χ4n) is 3.81. The molecule has 2 aromatic carbocycles. The molecule has 4 unspecified atom stereocenters. The number of benzene rings is 2. The van der Waals surface area contributed by atoms with Crippen LogP contribution in [0.15, 0.2) is 54.6 Å². The zero-order valence-electron chi connectivity index (χ0n) is 21.6. The minimum atomic E-state index is -1.45. The average Bonchev–Trinajstić information content (AvgIpc) is 2.92. The van der Waals surface area contributed by atoms with Gasteiger partial charge in [0.2, 0.25) is 17.7 Å². The minimum Gasteiger partial charge on any atom is -0.508 e. The van der Waals surface area contributed by atoms with Crippen molar-refractivity contribution in [3.05, 3.63) is 65.7 Å². The second-order valence-electron chi connectivity index (χ2n) is 9.16. The normalized spacial score (nSPS) is 13.9. The number of aromatic hydroxyl groups is 1. The smallest absolute Gasteiger partial charge is 0.326 e. The average molecular weight is 544 g/mol. The van der Waals surface area contributed by atoms with Crippen LogP contribution in [0.3, 0.4) is 0 Å². The molecule has 10 N–H and O–H groups in total. The van der Waals surface area contributed by atoms with Crippen molar-refractivity contribution in [2.45, 2.75) is 56.3 Å². The Bertz CT molecular complexity index is 1080. The predicted molar refractivity (Wildman–Crippen MR) is 143 cm³/mol. The van der Waals surface area contributed by atoms with Crippen LogP contribution in [0.5, 0.6) is 5.75 Å². The van der Waals surface area contributed by atoms with Gasteiger partial charge in [-0.15, -0.1) is 0 Å². The maximum atomic E-state index is 13.0. The van der Waals surface area contributed by atoms with E-state index in [1.165, 1.54) is 12.1 Å². The summed E-state index contributed by atoms with van der Waals surface area (Å²) in [7, 11) is 0. The molecule has 0 spiro atoms. The SMILES string of the molecule is NCCCCC(NC(=O)C(N)Cc1ccc(O)cc1)C(=O)NC(CO)C(=O)NC(Cc1ccccc1)C(=O)O. The van der Waals surface area contributed by atoms with E-state index < -0.39 is 54.5 Å². The summed E-state index contributed by atoms with van der Waals surface area (Å²) >= 11 is 0. The number of hydrogen-bond acceptors (Lipinski definition) is 8. The molecule has 2 aromatic rings. The van der Waals surface area contributed by atoms with E-state index in [1.54, 1.807) is 42.5 Å². The second-order valence-corrected chi connectivity index (χ2v) is 9.16. The second kappa shape index (κ2) is 16.1. The summed E-state index contributed by atoms with van der Waals surface area (Å²) in [6.45, 7) is -0.415. The highest BCUT2D eigenvalue weighted by Crippen LogP contribution is 2.11. The lowest BCUT2D eigenvalue weighted by Crippen LogP contribution is -2.58. The highest BCUT2D eigenvalue weighted by molar-refractivity contribution is 5.94. The molecule has 3 amide bonds. The van der Waals surface area contributed by atoms with Crippen LogP contribution in [-0.2, 0) is 32.0 Å². The van der Waals surface area contributed by atoms with Crippen molar-refractivity contribution in [3.63, 3.8) is 0 Å². The summed E-state index contributed by atoms with van der Waals surface area (Å²) in [4.78, 5) is 50.3. The number of carbonyl (C=O) groups is 4. The third-order valence-corrected chi connectivity index (χ3v) is 6.02. The van der Waals surface area contributed by atoms with Gasteiger partial charge in [-0.2, -0.15) is 0 Å². The number of carboxylic acids is 1. The number of aliphatic carboxylic acids is 1. The zero-order valence-corrected chi connectivity index (χ0v) is 21.6. The van der Waals surface area contributed by atoms with Crippen LogP contribution in [0, 0.1) is 0 Å². The van der Waals surface area contributed by atoms with E-state index in [1.807, 2.05) is 0 Å². The number of carboxylic acid groups (broad SMARTS) is 1. The lowest BCUT2D eigenvalue weighted by Gasteiger charge is -2.24. The van der Waals surface area contributed by atoms with Gasteiger partial charge < -0.3 is 42.7 Å². The molecule has 212 valence electrons. The predicted octanol–water partition coefficient (Wildman–Crippen LogP) is -0.835. The van der Waals surface area contributed by atoms with Crippen LogP contribution < -0.4 is 27.4 Å². The molecule has 12 nitrogen and oxygen atoms in total. The number of aliphatic hydroxyl groups is 1. The molecular weight excluding hydrogens is 506 g/mol. The monoisotopic (exact) mass is 543 g/mol. The van der Waals surface area contributed by atoms with Crippen LogP contribution in [-0.4, -0.2) is 76.3 Å². The van der Waals surface area contributed by atoms with Crippen molar-refractivity contribution < 1.29 is 34.5 Å². The Morgan fingerprint density at radius 2 is 1.31 bits per heavy atom. The van der Waals surface area contributed by atoms with E-state index in [-0.39, 0.29) is 25.0 Å². The third-order valence-electron chi connectivity index (χ3n) is 6.02. The molecule has 4 atom stereocenters. The summed E-state index contributed by atoms with van der Waals surface area (Å²) in [5.41, 5.74) is 13.0. The van der Waals surface area contributed by atoms with Gasteiger partial charge in [-0.1, -0.05) is 42.5 Å². The summed E-state index contributed by atoms with van der Waals surface area (Å²) in [5.74, 6) is -3.42. The van der Waals surface area contributed by atoms with Gasteiger partial charge in [0.15, 0.2) is 0 Å². The highest BCUT2D eigenvalue weighted by atomic mass is 16.4. The molecule has 0 aliphatic rings. The zero-order chi connectivity index (χ0) is 28.8. The fourth-order valence-corrected chi connectivity index (χ4v) is 3.81. The van der Waals surface area contributed by atoms with E-state index in [0.717, 1.165) is 0 Å². The van der Waals surface area contributed by atoms with E-state index >= 15 is 0 Å². The van der Waals surface area contributed by atoms with Gasteiger partial charge in [0.05, 0.1) is 12.6 Å². The number of phenolic OH excluding ortho intramolecular Hbond substituents is 1. The molecule has 0 aromatic heterocycles. The first-order chi connectivity index (χ1) is 18.6. The summed E-state index contributed by atoms with van der Waals surface area (Å²) in [6.07, 6.45) is 1.44. The molecule has 2 rings (SSSR count). The molecular formula is C27H37N5O7. The van der Waals surface area contributed by atoms with Crippen molar-refractivity contribution in [1.82, 2.24) is 16.0 Å². The molecule has 0 aliphatic carbocycles. The minimum absolute atomic E-state index is 0.00466. The van der Waals surface area contributed by atoms with Gasteiger partial charge in [0, 0.05) is 6.42 Å². The number of nitrogens with two attached hydrogens (primary N) is 2. The third kappa shape index (κ3) is 10.7. The Hall–Kier alpha value is -4.00. The van der Waals surface area contributed by atoms with Crippen molar-refractivity contribution >= 4 is 23.7 Å². The molecule has 0 aliphatic heterocycles. The number of nitrogens with one attached hydrogen (secondary N) is 3. The maximum absolute atomic E-state index is 13.0. The van der Waals surface area contributed by atoms with Crippen LogP contribution in [0.2, 0.25) is 0 Å². The lowest BCUT2D eigenvalue weighted by molar-refractivity contribution is -0.142. The van der Waals surface area contributed by atoms with E-state index in [9.17, 15) is 34.5 Å². The molecule has 0 fully saturated rings. The van der Waals surface area contributed by atoms with Crippen molar-refractivity contribution in [1.29, 1.82) is 0 Å². The van der Waals surface area contributed by atoms with Crippen molar-refractivity contribution in [2.75, 3.05) is 13.2 Å². The first kappa shape index (κ1) is 31.2. The molecule has 12 heteroatoms. The van der Waals surface area contributed by atoms with Crippen LogP contribution in [0.1, 0.15) is 30.4 Å². The summed E-state index contributed by atoms with van der Waals surface area (Å²) in [5, 5.41) is 36.1. The lowest BCUT2D eigenvalue weighted by atomic mass is 10.0. The van der Waals surface area contributed by atoms with E-state index in [0.29, 0.717) is 30.5 Å². The van der Waals surface area contributed by atoms with Gasteiger partial charge in [0.25, 0.3) is 0 Å². The number of rotatable bonds is 16. The Kier molecular flexibility index (Phi) is 12.9. The number of hydrogen-bond donors (Lipinski definition) is 8. The van der Waals surface area contributed by atoms with Crippen LogP contribution >= 0.6 is 0 Å². The summed E-state index contributed by atoms with van der Waals surface area (Å²) in [6, 6.07) is 10.1. The van der Waals surface area contributed by atoms with Gasteiger partial charge in [-0.05, 0) is 55.5 Å². The first-order valence-corrected chi connectivity index (χ1v) is 12.7. The fraction of sp³-hybridized carbons (Fsp3) is 0.407. The van der Waals surface area contributed by atoms with Gasteiger partial charge in [-0.25, -0.2) is 4.79 Å². The van der Waals surface area contributed by atoms with Crippen molar-refractivity contribution in [3.8, 4) is 5.75 Å². The topological polar surface area (TPSA) is 217 Å². The first-order valence-electron chi connectivity index (χ1n) is 12.7. The number of unbranched alkanes of at least 4 members (excludes halogenated alkanes) is 1. The molecule has 0 saturated carbocycles. The van der Waals surface area contributed by atoms with E-state index in [2.05, 4.69) is 16.0 Å². The molecule has 0 radical (unpaired) electrons. The van der Waals surface area contributed by atoms with Crippen LogP contribution in [0.25, 0.3) is 0 Å². The molecule has 0 saturated heterocycles. The van der Waals surface area contributed by atoms with Crippen molar-refractivity contribution in [2.24, 2.45) is 11.5 Å². The number of carbonyl (C=O) groups excluding carboxylic acids is 3. The highest BCUT2D eigenvalue weighted by Gasteiger charge is 2.30. The van der Waals surface area contributed by atoms with Gasteiger partial charge >= 0.3 is 5.97 Å². The molecule has 0 bridgehead atoms. The maximum Gasteiger partial charge on any atom is 0.326 e. The number of aliphatic hydroxyl groups excluding tert-OH is 1.